The summed E-state index contributed by atoms with van der Waals surface area (Å²) in [4.78, 5) is 0. The molecule has 2 rings (SSSR count). The second kappa shape index (κ2) is 6.74. The normalized spacial score (nSPS) is 13.1. The lowest BCUT2D eigenvalue weighted by Gasteiger charge is -2.23. The molecule has 0 heterocycles. The number of halogens is 3. The first-order valence-corrected chi connectivity index (χ1v) is 6.68. The first-order chi connectivity index (χ1) is 10.0. The van der Waals surface area contributed by atoms with Crippen molar-refractivity contribution >= 4 is 0 Å². The Morgan fingerprint density at radius 3 is 2.19 bits per heavy atom. The average molecular weight is 294 g/mol. The molecule has 3 N–H and O–H groups in total. The van der Waals surface area contributed by atoms with Crippen LogP contribution in [0, 0.1) is 0 Å². The van der Waals surface area contributed by atoms with Gasteiger partial charge in [0.2, 0.25) is 0 Å². The molecule has 0 aliphatic carbocycles. The van der Waals surface area contributed by atoms with Crippen molar-refractivity contribution in [3.8, 4) is 0 Å². The predicted molar refractivity (Wildman–Crippen MR) is 76.8 cm³/mol. The van der Waals surface area contributed by atoms with Gasteiger partial charge in [-0.25, -0.2) is 0 Å². The van der Waals surface area contributed by atoms with Gasteiger partial charge in [-0.05, 0) is 17.2 Å². The summed E-state index contributed by atoms with van der Waals surface area (Å²) >= 11 is 0. The first-order valence-electron chi connectivity index (χ1n) is 6.68. The molecule has 0 aliphatic heterocycles. The Labute approximate surface area is 121 Å². The van der Waals surface area contributed by atoms with Crippen LogP contribution in [-0.2, 0) is 6.18 Å². The Kier molecular flexibility index (Phi) is 4.98. The SMILES string of the molecule is NCCN[C@H](c1ccccc1)c1ccccc1C(F)(F)F. The molecule has 0 saturated carbocycles. The molecule has 2 nitrogen and oxygen atoms in total. The molecule has 112 valence electrons. The van der Waals surface area contributed by atoms with Crippen LogP contribution in [0.5, 0.6) is 0 Å². The van der Waals surface area contributed by atoms with Crippen LogP contribution in [0.2, 0.25) is 0 Å². The van der Waals surface area contributed by atoms with E-state index in [2.05, 4.69) is 5.32 Å². The topological polar surface area (TPSA) is 38.0 Å². The lowest BCUT2D eigenvalue weighted by molar-refractivity contribution is -0.138. The minimum Gasteiger partial charge on any atom is -0.329 e. The van der Waals surface area contributed by atoms with E-state index < -0.39 is 17.8 Å². The molecule has 21 heavy (non-hydrogen) atoms. The Hall–Kier alpha value is -1.85. The zero-order valence-electron chi connectivity index (χ0n) is 11.4. The van der Waals surface area contributed by atoms with Gasteiger partial charge < -0.3 is 11.1 Å². The molecule has 0 spiro atoms. The zero-order chi connectivity index (χ0) is 15.3. The van der Waals surface area contributed by atoms with Crippen LogP contribution in [0.15, 0.2) is 54.6 Å². The van der Waals surface area contributed by atoms with Gasteiger partial charge in [-0.2, -0.15) is 13.2 Å². The van der Waals surface area contributed by atoms with Crippen LogP contribution >= 0.6 is 0 Å². The van der Waals surface area contributed by atoms with Crippen molar-refractivity contribution in [2.45, 2.75) is 12.2 Å². The van der Waals surface area contributed by atoms with Crippen molar-refractivity contribution < 1.29 is 13.2 Å². The highest BCUT2D eigenvalue weighted by Gasteiger charge is 2.35. The number of rotatable bonds is 5. The van der Waals surface area contributed by atoms with E-state index in [0.29, 0.717) is 13.1 Å². The number of alkyl halides is 3. The summed E-state index contributed by atoms with van der Waals surface area (Å²) in [6.45, 7) is 0.795. The number of benzene rings is 2. The van der Waals surface area contributed by atoms with Gasteiger partial charge in [0.05, 0.1) is 11.6 Å². The summed E-state index contributed by atoms with van der Waals surface area (Å²) in [5, 5.41) is 3.09. The molecule has 5 heteroatoms. The van der Waals surface area contributed by atoms with Crippen LogP contribution in [-0.4, -0.2) is 13.1 Å². The Morgan fingerprint density at radius 1 is 0.952 bits per heavy atom. The van der Waals surface area contributed by atoms with Crippen LogP contribution in [0.3, 0.4) is 0 Å². The fourth-order valence-corrected chi connectivity index (χ4v) is 2.29. The summed E-state index contributed by atoms with van der Waals surface area (Å²) in [7, 11) is 0. The summed E-state index contributed by atoms with van der Waals surface area (Å²) < 4.78 is 39.6. The van der Waals surface area contributed by atoms with Crippen molar-refractivity contribution in [2.75, 3.05) is 13.1 Å². The predicted octanol–water partition coefficient (Wildman–Crippen LogP) is 3.34. The molecule has 0 radical (unpaired) electrons. The van der Waals surface area contributed by atoms with Gasteiger partial charge in [-0.3, -0.25) is 0 Å². The molecule has 1 atom stereocenters. The maximum Gasteiger partial charge on any atom is 0.416 e. The van der Waals surface area contributed by atoms with E-state index in [4.69, 9.17) is 5.73 Å². The van der Waals surface area contributed by atoms with Gasteiger partial charge in [-0.1, -0.05) is 48.5 Å². The highest BCUT2D eigenvalue weighted by Crippen LogP contribution is 2.36. The van der Waals surface area contributed by atoms with E-state index in [1.807, 2.05) is 18.2 Å². The van der Waals surface area contributed by atoms with Crippen LogP contribution < -0.4 is 11.1 Å². The number of nitrogens with two attached hydrogens (primary N) is 1. The summed E-state index contributed by atoms with van der Waals surface area (Å²) in [6.07, 6.45) is -4.38. The highest BCUT2D eigenvalue weighted by molar-refractivity contribution is 5.38. The minimum absolute atomic E-state index is 0.213. The third kappa shape index (κ3) is 3.83. The third-order valence-electron chi connectivity index (χ3n) is 3.20. The summed E-state index contributed by atoms with van der Waals surface area (Å²) in [6, 6.07) is 14.2. The average Bonchev–Trinajstić information content (AvgIpc) is 2.48. The monoisotopic (exact) mass is 294 g/mol. The van der Waals surface area contributed by atoms with E-state index >= 15 is 0 Å². The van der Waals surface area contributed by atoms with Gasteiger partial charge >= 0.3 is 6.18 Å². The van der Waals surface area contributed by atoms with Gasteiger partial charge in [0.1, 0.15) is 0 Å². The van der Waals surface area contributed by atoms with E-state index in [-0.39, 0.29) is 5.56 Å². The lowest BCUT2D eigenvalue weighted by Crippen LogP contribution is -2.29. The zero-order valence-corrected chi connectivity index (χ0v) is 11.4. The van der Waals surface area contributed by atoms with Crippen LogP contribution in [0.4, 0.5) is 13.2 Å². The smallest absolute Gasteiger partial charge is 0.329 e. The van der Waals surface area contributed by atoms with Crippen molar-refractivity contribution in [3.05, 3.63) is 71.3 Å². The van der Waals surface area contributed by atoms with E-state index in [1.165, 1.54) is 12.1 Å². The van der Waals surface area contributed by atoms with E-state index in [9.17, 15) is 13.2 Å². The largest absolute Gasteiger partial charge is 0.416 e. The quantitative estimate of drug-likeness (QED) is 0.887. The van der Waals surface area contributed by atoms with E-state index in [1.54, 1.807) is 18.2 Å². The van der Waals surface area contributed by atoms with Crippen molar-refractivity contribution in [3.63, 3.8) is 0 Å². The van der Waals surface area contributed by atoms with Gasteiger partial charge in [0.25, 0.3) is 0 Å². The van der Waals surface area contributed by atoms with E-state index in [0.717, 1.165) is 11.6 Å². The molecule has 0 fully saturated rings. The molecule has 2 aromatic carbocycles. The van der Waals surface area contributed by atoms with Crippen molar-refractivity contribution in [1.29, 1.82) is 0 Å². The molecule has 2 aromatic rings. The molecule has 0 amide bonds. The Morgan fingerprint density at radius 2 is 1.57 bits per heavy atom. The number of nitrogens with one attached hydrogen (secondary N) is 1. The molecular formula is C16H17F3N2. The first kappa shape index (κ1) is 15.5. The fourth-order valence-electron chi connectivity index (χ4n) is 2.29. The number of hydrogen-bond donors (Lipinski definition) is 2. The van der Waals surface area contributed by atoms with Crippen LogP contribution in [0.1, 0.15) is 22.7 Å². The maximum atomic E-state index is 13.2. The van der Waals surface area contributed by atoms with Gasteiger partial charge in [0.15, 0.2) is 0 Å². The molecule has 0 saturated heterocycles. The maximum absolute atomic E-state index is 13.2. The molecule has 0 unspecified atom stereocenters. The standard InChI is InChI=1S/C16H17F3N2/c17-16(18,19)14-9-5-4-8-13(14)15(21-11-10-20)12-6-2-1-3-7-12/h1-9,15,21H,10-11,20H2/t15-/m1/s1. The molecule has 0 aliphatic rings. The second-order valence-corrected chi connectivity index (χ2v) is 4.67. The Bertz CT molecular complexity index is 567. The fraction of sp³-hybridized carbons (Fsp3) is 0.250. The lowest BCUT2D eigenvalue weighted by atomic mass is 9.94. The molecule has 0 aromatic heterocycles. The van der Waals surface area contributed by atoms with Gasteiger partial charge in [-0.15, -0.1) is 0 Å². The van der Waals surface area contributed by atoms with Crippen molar-refractivity contribution in [1.82, 2.24) is 5.32 Å². The number of hydrogen-bond acceptors (Lipinski definition) is 2. The minimum atomic E-state index is -4.38. The second-order valence-electron chi connectivity index (χ2n) is 4.67. The molecule has 0 bridgehead atoms. The Balaban J connectivity index is 2.47. The van der Waals surface area contributed by atoms with Crippen LogP contribution in [0.25, 0.3) is 0 Å². The van der Waals surface area contributed by atoms with Gasteiger partial charge in [0, 0.05) is 13.1 Å². The highest BCUT2D eigenvalue weighted by atomic mass is 19.4. The molecular weight excluding hydrogens is 277 g/mol. The summed E-state index contributed by atoms with van der Waals surface area (Å²) in [5.74, 6) is 0. The van der Waals surface area contributed by atoms with Crippen molar-refractivity contribution in [2.24, 2.45) is 5.73 Å². The third-order valence-corrected chi connectivity index (χ3v) is 3.20. The summed E-state index contributed by atoms with van der Waals surface area (Å²) in [5.41, 5.74) is 5.84.